The van der Waals surface area contributed by atoms with Gasteiger partial charge in [-0.3, -0.25) is 19.2 Å². The Bertz CT molecular complexity index is 1250. The van der Waals surface area contributed by atoms with Gasteiger partial charge >= 0.3 is 0 Å². The third-order valence-electron chi connectivity index (χ3n) is 6.50. The minimum absolute atomic E-state index is 0.0213. The second-order valence-electron chi connectivity index (χ2n) is 10.8. The van der Waals surface area contributed by atoms with Gasteiger partial charge in [-0.05, 0) is 40.5 Å². The van der Waals surface area contributed by atoms with Crippen molar-refractivity contribution in [2.24, 2.45) is 0 Å². The molecule has 0 amide bonds. The van der Waals surface area contributed by atoms with Gasteiger partial charge < -0.3 is 10.2 Å². The van der Waals surface area contributed by atoms with E-state index < -0.39 is 11.2 Å². The van der Waals surface area contributed by atoms with Crippen molar-refractivity contribution in [3.63, 3.8) is 0 Å². The Balaban J connectivity index is 1.79. The lowest BCUT2D eigenvalue weighted by molar-refractivity contribution is 0.0741. The van der Waals surface area contributed by atoms with Gasteiger partial charge in [-0.15, -0.1) is 0 Å². The van der Waals surface area contributed by atoms with Crippen LogP contribution in [0.4, 0.5) is 0 Å². The monoisotopic (exact) mass is 486 g/mol. The predicted molar refractivity (Wildman–Crippen MR) is 135 cm³/mol. The van der Waals surface area contributed by atoms with Crippen molar-refractivity contribution in [1.82, 2.24) is 0 Å². The van der Waals surface area contributed by atoms with E-state index in [1.807, 2.05) is 0 Å². The number of fused-ring (bicyclic) bond motifs is 2. The molecule has 0 saturated carbocycles. The van der Waals surface area contributed by atoms with Crippen LogP contribution in [0.3, 0.4) is 0 Å². The lowest BCUT2D eigenvalue weighted by atomic mass is 9.75. The fraction of sp³-hybridized carbons (Fsp3) is 0.333. The molecule has 2 aromatic carbocycles. The SMILES string of the molecule is CC(C)(O)CC1=C(CCC2=C(CC(C)(C)O)C(=O)c3ccccc3C2=O)C(=O)c2ccccc2C1=O. The number of carbonyl (C=O) groups excluding carboxylic acids is 4. The van der Waals surface area contributed by atoms with E-state index in [-0.39, 0.29) is 71.1 Å². The standard InChI is InChI=1S/C30H30O6/c1-29(2,35)15-23-21(25(31)17-9-5-7-11-19(17)27(23)33)13-14-22-24(16-30(3,4)36)28(34)20-12-8-6-10-18(20)26(22)32/h5-12,35-36H,13-16H2,1-4H3. The zero-order chi connectivity index (χ0) is 26.4. The number of benzene rings is 2. The van der Waals surface area contributed by atoms with Gasteiger partial charge in [0.1, 0.15) is 0 Å². The van der Waals surface area contributed by atoms with E-state index in [2.05, 4.69) is 0 Å². The van der Waals surface area contributed by atoms with Gasteiger partial charge in [-0.2, -0.15) is 0 Å². The summed E-state index contributed by atoms with van der Waals surface area (Å²) in [5.41, 5.74) is -0.344. The summed E-state index contributed by atoms with van der Waals surface area (Å²) in [5.74, 6) is -1.26. The molecule has 2 aliphatic rings. The highest BCUT2D eigenvalue weighted by Crippen LogP contribution is 2.37. The summed E-state index contributed by atoms with van der Waals surface area (Å²) in [7, 11) is 0. The van der Waals surface area contributed by atoms with E-state index >= 15 is 0 Å². The van der Waals surface area contributed by atoms with Gasteiger partial charge in [0.25, 0.3) is 0 Å². The van der Waals surface area contributed by atoms with Crippen LogP contribution in [-0.2, 0) is 0 Å². The molecule has 0 bridgehead atoms. The van der Waals surface area contributed by atoms with Gasteiger partial charge in [0.15, 0.2) is 23.1 Å². The summed E-state index contributed by atoms with van der Waals surface area (Å²) in [6.07, 6.45) is 0.0610. The van der Waals surface area contributed by atoms with E-state index in [1.54, 1.807) is 76.2 Å². The average molecular weight is 487 g/mol. The Labute approximate surface area is 210 Å². The van der Waals surface area contributed by atoms with Crippen LogP contribution in [-0.4, -0.2) is 44.5 Å². The van der Waals surface area contributed by atoms with E-state index in [1.165, 1.54) is 0 Å². The van der Waals surface area contributed by atoms with Crippen molar-refractivity contribution < 1.29 is 29.4 Å². The summed E-state index contributed by atoms with van der Waals surface area (Å²) in [4.78, 5) is 53.7. The molecule has 2 aromatic rings. The number of carbonyl (C=O) groups is 4. The molecule has 0 spiro atoms. The number of Topliss-reactive ketones (excluding diaryl/α,β-unsaturated/α-hetero) is 4. The van der Waals surface area contributed by atoms with Crippen molar-refractivity contribution in [2.45, 2.75) is 64.6 Å². The van der Waals surface area contributed by atoms with Gasteiger partial charge in [-0.1, -0.05) is 48.5 Å². The van der Waals surface area contributed by atoms with Gasteiger partial charge in [0, 0.05) is 57.4 Å². The molecular weight excluding hydrogens is 456 g/mol. The molecule has 186 valence electrons. The largest absolute Gasteiger partial charge is 0.390 e. The molecule has 2 N–H and O–H groups in total. The Morgan fingerprint density at radius 1 is 0.500 bits per heavy atom. The average Bonchev–Trinajstić information content (AvgIpc) is 2.80. The van der Waals surface area contributed by atoms with Crippen LogP contribution in [0.5, 0.6) is 0 Å². The van der Waals surface area contributed by atoms with Crippen molar-refractivity contribution in [3.8, 4) is 0 Å². The van der Waals surface area contributed by atoms with Gasteiger partial charge in [0.05, 0.1) is 11.2 Å². The second kappa shape index (κ2) is 9.19. The number of ketones is 4. The third kappa shape index (κ3) is 4.92. The molecular formula is C30H30O6. The van der Waals surface area contributed by atoms with Crippen molar-refractivity contribution >= 4 is 23.1 Å². The van der Waals surface area contributed by atoms with E-state index in [0.717, 1.165) is 0 Å². The van der Waals surface area contributed by atoms with Crippen LogP contribution < -0.4 is 0 Å². The van der Waals surface area contributed by atoms with Crippen molar-refractivity contribution in [3.05, 3.63) is 93.1 Å². The van der Waals surface area contributed by atoms with Crippen LogP contribution in [0, 0.1) is 0 Å². The molecule has 0 fully saturated rings. The number of allylic oxidation sites excluding steroid dienone is 2. The number of hydrogen-bond donors (Lipinski definition) is 2. The first-order valence-corrected chi connectivity index (χ1v) is 12.0. The Morgan fingerprint density at radius 3 is 1.00 bits per heavy atom. The molecule has 0 aromatic heterocycles. The molecule has 2 aliphatic carbocycles. The van der Waals surface area contributed by atoms with Crippen LogP contribution in [0.1, 0.15) is 94.8 Å². The first-order valence-electron chi connectivity index (χ1n) is 12.0. The molecule has 4 rings (SSSR count). The minimum atomic E-state index is -1.23. The van der Waals surface area contributed by atoms with Crippen LogP contribution in [0.15, 0.2) is 70.8 Å². The molecule has 0 unspecified atom stereocenters. The minimum Gasteiger partial charge on any atom is -0.390 e. The number of rotatable bonds is 7. The predicted octanol–water partition coefficient (Wildman–Crippen LogP) is 4.84. The quantitative estimate of drug-likeness (QED) is 0.580. The number of hydrogen-bond acceptors (Lipinski definition) is 6. The van der Waals surface area contributed by atoms with Crippen molar-refractivity contribution in [1.29, 1.82) is 0 Å². The van der Waals surface area contributed by atoms with Crippen LogP contribution in [0.25, 0.3) is 0 Å². The first kappa shape index (κ1) is 25.6. The summed E-state index contributed by atoms with van der Waals surface area (Å²) >= 11 is 0. The summed E-state index contributed by atoms with van der Waals surface area (Å²) in [5, 5.41) is 21.0. The van der Waals surface area contributed by atoms with Crippen LogP contribution in [0.2, 0.25) is 0 Å². The normalized spacial score (nSPS) is 16.5. The highest BCUT2D eigenvalue weighted by molar-refractivity contribution is 6.28. The van der Waals surface area contributed by atoms with Gasteiger partial charge in [0.2, 0.25) is 0 Å². The molecule has 0 heterocycles. The number of aliphatic hydroxyl groups is 2. The fourth-order valence-electron chi connectivity index (χ4n) is 4.97. The highest BCUT2D eigenvalue weighted by Gasteiger charge is 2.37. The molecule has 36 heavy (non-hydrogen) atoms. The van der Waals surface area contributed by atoms with Gasteiger partial charge in [-0.25, -0.2) is 0 Å². The van der Waals surface area contributed by atoms with E-state index in [0.29, 0.717) is 22.3 Å². The molecule has 0 saturated heterocycles. The summed E-state index contributed by atoms with van der Waals surface area (Å²) in [6, 6.07) is 13.1. The lowest BCUT2D eigenvalue weighted by Gasteiger charge is -2.27. The maximum atomic E-state index is 13.5. The Hall–Kier alpha value is -3.48. The molecule has 0 atom stereocenters. The molecule has 6 heteroatoms. The fourth-order valence-corrected chi connectivity index (χ4v) is 4.97. The Kier molecular flexibility index (Phi) is 6.54. The summed E-state index contributed by atoms with van der Waals surface area (Å²) in [6.45, 7) is 6.28. The maximum absolute atomic E-state index is 13.5. The zero-order valence-corrected chi connectivity index (χ0v) is 21.0. The van der Waals surface area contributed by atoms with E-state index in [9.17, 15) is 29.4 Å². The van der Waals surface area contributed by atoms with E-state index in [4.69, 9.17) is 0 Å². The lowest BCUT2D eigenvalue weighted by Crippen LogP contribution is -2.30. The Morgan fingerprint density at radius 2 is 0.750 bits per heavy atom. The second-order valence-corrected chi connectivity index (χ2v) is 10.8. The maximum Gasteiger partial charge on any atom is 0.190 e. The molecule has 6 nitrogen and oxygen atoms in total. The molecule has 0 radical (unpaired) electrons. The third-order valence-corrected chi connectivity index (χ3v) is 6.50. The van der Waals surface area contributed by atoms with Crippen molar-refractivity contribution in [2.75, 3.05) is 0 Å². The molecule has 0 aliphatic heterocycles. The van der Waals surface area contributed by atoms with Crippen LogP contribution >= 0.6 is 0 Å². The zero-order valence-electron chi connectivity index (χ0n) is 21.0. The first-order chi connectivity index (χ1) is 16.8. The highest BCUT2D eigenvalue weighted by atomic mass is 16.3. The summed E-state index contributed by atoms with van der Waals surface area (Å²) < 4.78 is 0. The topological polar surface area (TPSA) is 109 Å². The smallest absolute Gasteiger partial charge is 0.190 e.